The Morgan fingerprint density at radius 1 is 0.390 bits per heavy atom. The average Bonchev–Trinajstić information content (AvgIpc) is 2.95. The van der Waals surface area contributed by atoms with Crippen LogP contribution in [0, 0.1) is 0 Å². The summed E-state index contributed by atoms with van der Waals surface area (Å²) in [7, 11) is 0. The number of rotatable bonds is 12. The first kappa shape index (κ1) is 34.2. The summed E-state index contributed by atoms with van der Waals surface area (Å²) >= 11 is 0. The van der Waals surface area contributed by atoms with Crippen LogP contribution in [0.5, 0.6) is 0 Å². The minimum absolute atomic E-state index is 0. The van der Waals surface area contributed by atoms with E-state index in [1.807, 2.05) is 73.3 Å². The van der Waals surface area contributed by atoms with Gasteiger partial charge >= 0.3 is 39.0 Å². The van der Waals surface area contributed by atoms with Gasteiger partial charge in [0.2, 0.25) is 0 Å². The molecule has 0 bridgehead atoms. The third-order valence-corrected chi connectivity index (χ3v) is 6.25. The van der Waals surface area contributed by atoms with Crippen LogP contribution in [-0.4, -0.2) is 29.7 Å². The molecule has 0 atom stereocenters. The number of hydrogen-bond acceptors (Lipinski definition) is 6. The standard InChI is InChI=1S/C32H32N6.CH4.2Zn/c1-5-16-33-29(12-1)23-37(24-30-13-2-6-17-34-30)21-27-10-9-11-28(20-27)22-38(25-31-14-3-7-18-35-31)26-32-15-4-8-19-36-32;;;/h1-20H,21-26H2;1H4;;/q;;2*+2. The first-order valence-electron chi connectivity index (χ1n) is 12.9. The van der Waals surface area contributed by atoms with Crippen molar-refractivity contribution in [2.24, 2.45) is 0 Å². The number of hydrogen-bond donors (Lipinski definition) is 0. The van der Waals surface area contributed by atoms with E-state index >= 15 is 0 Å². The molecule has 198 valence electrons. The quantitative estimate of drug-likeness (QED) is 0.148. The molecule has 0 radical (unpaired) electrons. The van der Waals surface area contributed by atoms with E-state index in [4.69, 9.17) is 0 Å². The summed E-state index contributed by atoms with van der Waals surface area (Å²) in [5.74, 6) is 0. The molecule has 0 aliphatic carbocycles. The van der Waals surface area contributed by atoms with Gasteiger partial charge in [-0.05, 0) is 59.7 Å². The molecular formula is C33H36N6Zn2+4. The molecule has 41 heavy (non-hydrogen) atoms. The van der Waals surface area contributed by atoms with Gasteiger partial charge in [0.25, 0.3) is 0 Å². The van der Waals surface area contributed by atoms with Gasteiger partial charge in [-0.15, -0.1) is 0 Å². The van der Waals surface area contributed by atoms with E-state index in [1.165, 1.54) is 11.1 Å². The molecule has 4 heterocycles. The Morgan fingerprint density at radius 2 is 0.707 bits per heavy atom. The second kappa shape index (κ2) is 18.4. The van der Waals surface area contributed by atoms with Gasteiger partial charge in [-0.25, -0.2) is 0 Å². The number of pyridine rings is 4. The monoisotopic (exact) mass is 644 g/mol. The topological polar surface area (TPSA) is 58.0 Å². The van der Waals surface area contributed by atoms with Gasteiger partial charge in [0, 0.05) is 64.1 Å². The van der Waals surface area contributed by atoms with Gasteiger partial charge in [-0.1, -0.05) is 56.0 Å². The molecule has 0 N–H and O–H groups in total. The zero-order valence-corrected chi connectivity index (χ0v) is 28.8. The van der Waals surface area contributed by atoms with Crippen LogP contribution in [0.4, 0.5) is 0 Å². The largest absolute Gasteiger partial charge is 2.00 e. The molecule has 4 aromatic heterocycles. The van der Waals surface area contributed by atoms with Crippen molar-refractivity contribution in [2.75, 3.05) is 0 Å². The number of nitrogens with zero attached hydrogens (tertiary/aromatic N) is 6. The molecule has 0 spiro atoms. The van der Waals surface area contributed by atoms with Crippen LogP contribution in [0.2, 0.25) is 0 Å². The van der Waals surface area contributed by atoms with Crippen molar-refractivity contribution in [3.63, 3.8) is 0 Å². The maximum Gasteiger partial charge on any atom is 2.00 e. The summed E-state index contributed by atoms with van der Waals surface area (Å²) in [5, 5.41) is 0. The second-order valence-electron chi connectivity index (χ2n) is 9.39. The van der Waals surface area contributed by atoms with Crippen molar-refractivity contribution in [1.29, 1.82) is 0 Å². The molecule has 0 aliphatic heterocycles. The van der Waals surface area contributed by atoms with Crippen molar-refractivity contribution in [3.05, 3.63) is 156 Å². The van der Waals surface area contributed by atoms with Crippen LogP contribution < -0.4 is 0 Å². The third kappa shape index (κ3) is 11.4. The summed E-state index contributed by atoms with van der Waals surface area (Å²) in [4.78, 5) is 23.0. The van der Waals surface area contributed by atoms with Crippen LogP contribution in [0.3, 0.4) is 0 Å². The van der Waals surface area contributed by atoms with Gasteiger partial charge in [0.1, 0.15) is 0 Å². The molecule has 0 aliphatic rings. The number of benzene rings is 1. The van der Waals surface area contributed by atoms with E-state index in [-0.39, 0.29) is 46.4 Å². The van der Waals surface area contributed by atoms with Gasteiger partial charge in [0.15, 0.2) is 0 Å². The zero-order chi connectivity index (χ0) is 25.8. The Kier molecular flexibility index (Phi) is 15.4. The molecule has 0 unspecified atom stereocenters. The fourth-order valence-electron chi connectivity index (χ4n) is 4.56. The molecule has 0 fully saturated rings. The first-order valence-corrected chi connectivity index (χ1v) is 12.9. The Hall–Kier alpha value is -3.01. The molecule has 8 heteroatoms. The SMILES string of the molecule is C.[Zn+2].[Zn+2].c1ccc(CN(Cc2cccc(CN(Cc3ccccn3)Cc3ccccn3)c2)Cc2ccccn2)nc1. The maximum absolute atomic E-state index is 4.56. The van der Waals surface area contributed by atoms with Crippen LogP contribution in [0.15, 0.2) is 122 Å². The number of aromatic nitrogens is 4. The van der Waals surface area contributed by atoms with Gasteiger partial charge in [0.05, 0.1) is 22.8 Å². The van der Waals surface area contributed by atoms with Crippen molar-refractivity contribution in [3.8, 4) is 0 Å². The van der Waals surface area contributed by atoms with Crippen molar-refractivity contribution < 1.29 is 39.0 Å². The zero-order valence-electron chi connectivity index (χ0n) is 22.9. The maximum atomic E-state index is 4.56. The van der Waals surface area contributed by atoms with Crippen LogP contribution >= 0.6 is 0 Å². The van der Waals surface area contributed by atoms with Crippen molar-refractivity contribution in [2.45, 2.75) is 46.7 Å². The smallest absolute Gasteiger partial charge is 0.287 e. The Balaban J connectivity index is 0.00000196. The second-order valence-corrected chi connectivity index (χ2v) is 9.39. The molecule has 1 aromatic carbocycles. The van der Waals surface area contributed by atoms with E-state index < -0.39 is 0 Å². The minimum Gasteiger partial charge on any atom is -0.287 e. The van der Waals surface area contributed by atoms with E-state index in [0.717, 1.165) is 62.0 Å². The van der Waals surface area contributed by atoms with Gasteiger partial charge < -0.3 is 0 Å². The van der Waals surface area contributed by atoms with Crippen molar-refractivity contribution >= 4 is 0 Å². The van der Waals surface area contributed by atoms with Crippen LogP contribution in [-0.2, 0) is 78.2 Å². The normalized spacial score (nSPS) is 10.4. The fraction of sp³-hybridized carbons (Fsp3) is 0.212. The first-order chi connectivity index (χ1) is 18.8. The molecule has 0 saturated carbocycles. The minimum atomic E-state index is 0. The Bertz CT molecular complexity index is 1190. The van der Waals surface area contributed by atoms with E-state index in [9.17, 15) is 0 Å². The molecule has 0 amide bonds. The van der Waals surface area contributed by atoms with E-state index in [1.54, 1.807) is 0 Å². The molecule has 5 aromatic rings. The molecule has 6 nitrogen and oxygen atoms in total. The van der Waals surface area contributed by atoms with E-state index in [2.05, 4.69) is 78.3 Å². The fourth-order valence-corrected chi connectivity index (χ4v) is 4.56. The predicted octanol–water partition coefficient (Wildman–Crippen LogP) is 6.30. The Morgan fingerprint density at radius 3 is 0.976 bits per heavy atom. The van der Waals surface area contributed by atoms with Gasteiger partial charge in [-0.2, -0.15) is 0 Å². The van der Waals surface area contributed by atoms with Crippen LogP contribution in [0.1, 0.15) is 41.3 Å². The summed E-state index contributed by atoms with van der Waals surface area (Å²) in [6, 6.07) is 33.2. The Labute approximate surface area is 269 Å². The summed E-state index contributed by atoms with van der Waals surface area (Å²) in [6.45, 7) is 4.64. The predicted molar refractivity (Wildman–Crippen MR) is 156 cm³/mol. The third-order valence-electron chi connectivity index (χ3n) is 6.25. The molecule has 5 rings (SSSR count). The van der Waals surface area contributed by atoms with Crippen molar-refractivity contribution in [1.82, 2.24) is 29.7 Å². The molecular weight excluding hydrogens is 611 g/mol. The van der Waals surface area contributed by atoms with Gasteiger partial charge in [-0.3, -0.25) is 29.7 Å². The summed E-state index contributed by atoms with van der Waals surface area (Å²) < 4.78 is 0. The van der Waals surface area contributed by atoms with Crippen LogP contribution in [0.25, 0.3) is 0 Å². The summed E-state index contributed by atoms with van der Waals surface area (Å²) in [5.41, 5.74) is 6.75. The van der Waals surface area contributed by atoms with E-state index in [0.29, 0.717) is 0 Å². The average molecular weight is 647 g/mol. The molecule has 0 saturated heterocycles. The summed E-state index contributed by atoms with van der Waals surface area (Å²) in [6.07, 6.45) is 7.42.